The second-order valence-corrected chi connectivity index (χ2v) is 6.78. The molecule has 0 radical (unpaired) electrons. The molecule has 2 unspecified atom stereocenters. The third-order valence-electron chi connectivity index (χ3n) is 4.29. The van der Waals surface area contributed by atoms with Crippen LogP contribution in [0.3, 0.4) is 0 Å². The second-order valence-electron chi connectivity index (χ2n) is 6.37. The molecule has 22 heavy (non-hydrogen) atoms. The summed E-state index contributed by atoms with van der Waals surface area (Å²) in [6.07, 6.45) is 2.92. The first kappa shape index (κ1) is 17.6. The summed E-state index contributed by atoms with van der Waals surface area (Å²) in [6, 6.07) is 3.88. The fourth-order valence-electron chi connectivity index (χ4n) is 3.01. The highest BCUT2D eigenvalue weighted by Gasteiger charge is 2.21. The first-order valence-electron chi connectivity index (χ1n) is 8.23. The molecular formula is C18H28ClNO2. The summed E-state index contributed by atoms with van der Waals surface area (Å²) in [5.41, 5.74) is 2.25. The zero-order valence-corrected chi connectivity index (χ0v) is 14.9. The van der Waals surface area contributed by atoms with Crippen molar-refractivity contribution < 1.29 is 9.47 Å². The summed E-state index contributed by atoms with van der Waals surface area (Å²) in [7, 11) is 0. The van der Waals surface area contributed by atoms with Gasteiger partial charge in [-0.15, -0.1) is 0 Å². The van der Waals surface area contributed by atoms with Crippen molar-refractivity contribution in [2.45, 2.75) is 52.7 Å². The van der Waals surface area contributed by atoms with Crippen molar-refractivity contribution in [1.82, 2.24) is 4.90 Å². The number of unbranched alkanes of at least 4 members (excludes halogenated alkanes) is 1. The lowest BCUT2D eigenvalue weighted by Crippen LogP contribution is -2.45. The average molecular weight is 326 g/mol. The Morgan fingerprint density at radius 1 is 1.14 bits per heavy atom. The van der Waals surface area contributed by atoms with E-state index in [9.17, 15) is 0 Å². The van der Waals surface area contributed by atoms with Gasteiger partial charge in [0.1, 0.15) is 5.75 Å². The van der Waals surface area contributed by atoms with Crippen LogP contribution in [0.2, 0.25) is 5.02 Å². The molecule has 0 N–H and O–H groups in total. The third-order valence-corrected chi connectivity index (χ3v) is 4.70. The minimum Gasteiger partial charge on any atom is -0.493 e. The van der Waals surface area contributed by atoms with Gasteiger partial charge in [-0.2, -0.15) is 0 Å². The predicted octanol–water partition coefficient (Wildman–Crippen LogP) is 4.23. The number of rotatable bonds is 6. The number of ether oxygens (including phenoxy) is 2. The Balaban J connectivity index is 1.68. The fraction of sp³-hybridized carbons (Fsp3) is 0.667. The molecule has 1 heterocycles. The van der Waals surface area contributed by atoms with Crippen molar-refractivity contribution in [2.75, 3.05) is 26.2 Å². The van der Waals surface area contributed by atoms with E-state index in [0.717, 1.165) is 61.0 Å². The molecule has 1 aliphatic heterocycles. The number of halogens is 1. The Hall–Kier alpha value is -0.770. The smallest absolute Gasteiger partial charge is 0.122 e. The molecule has 1 aliphatic rings. The van der Waals surface area contributed by atoms with Gasteiger partial charge in [0.05, 0.1) is 18.8 Å². The molecule has 1 fully saturated rings. The van der Waals surface area contributed by atoms with Crippen molar-refractivity contribution in [2.24, 2.45) is 0 Å². The molecule has 1 aromatic carbocycles. The molecule has 0 spiro atoms. The molecule has 0 saturated carbocycles. The number of benzene rings is 1. The molecule has 1 aromatic rings. The van der Waals surface area contributed by atoms with Gasteiger partial charge >= 0.3 is 0 Å². The lowest BCUT2D eigenvalue weighted by atomic mass is 10.1. The molecule has 0 aliphatic carbocycles. The van der Waals surface area contributed by atoms with Gasteiger partial charge in [-0.3, -0.25) is 4.90 Å². The van der Waals surface area contributed by atoms with Crippen LogP contribution in [-0.2, 0) is 4.74 Å². The summed E-state index contributed by atoms with van der Waals surface area (Å²) in [5, 5.41) is 0.806. The highest BCUT2D eigenvalue weighted by atomic mass is 35.5. The van der Waals surface area contributed by atoms with Gasteiger partial charge in [-0.1, -0.05) is 11.6 Å². The van der Waals surface area contributed by atoms with Crippen LogP contribution in [0.5, 0.6) is 5.75 Å². The number of hydrogen-bond donors (Lipinski definition) is 0. The van der Waals surface area contributed by atoms with Crippen LogP contribution < -0.4 is 4.74 Å². The Morgan fingerprint density at radius 2 is 1.82 bits per heavy atom. The summed E-state index contributed by atoms with van der Waals surface area (Å²) in [4.78, 5) is 2.50. The van der Waals surface area contributed by atoms with Crippen LogP contribution in [-0.4, -0.2) is 43.3 Å². The fourth-order valence-corrected chi connectivity index (χ4v) is 3.21. The van der Waals surface area contributed by atoms with E-state index in [1.807, 2.05) is 19.1 Å². The zero-order valence-electron chi connectivity index (χ0n) is 14.2. The summed E-state index contributed by atoms with van der Waals surface area (Å²) in [6.45, 7) is 12.4. The van der Waals surface area contributed by atoms with Crippen molar-refractivity contribution >= 4 is 11.6 Å². The third kappa shape index (κ3) is 4.87. The average Bonchev–Trinajstić information content (AvgIpc) is 2.45. The van der Waals surface area contributed by atoms with Crippen LogP contribution in [0.25, 0.3) is 0 Å². The van der Waals surface area contributed by atoms with Gasteiger partial charge < -0.3 is 9.47 Å². The van der Waals surface area contributed by atoms with Crippen molar-refractivity contribution in [3.63, 3.8) is 0 Å². The molecule has 0 amide bonds. The maximum Gasteiger partial charge on any atom is 0.122 e. The Kier molecular flexibility index (Phi) is 6.54. The van der Waals surface area contributed by atoms with Gasteiger partial charge in [0.25, 0.3) is 0 Å². The number of hydrogen-bond acceptors (Lipinski definition) is 3. The number of nitrogens with zero attached hydrogens (tertiary/aromatic N) is 1. The summed E-state index contributed by atoms with van der Waals surface area (Å²) >= 11 is 6.11. The molecule has 2 atom stereocenters. The molecule has 124 valence electrons. The second kappa shape index (κ2) is 8.19. The van der Waals surface area contributed by atoms with Crippen LogP contribution >= 0.6 is 11.6 Å². The monoisotopic (exact) mass is 325 g/mol. The van der Waals surface area contributed by atoms with E-state index in [1.54, 1.807) is 0 Å². The summed E-state index contributed by atoms with van der Waals surface area (Å²) in [5.74, 6) is 0.954. The van der Waals surface area contributed by atoms with Crippen molar-refractivity contribution in [1.29, 1.82) is 0 Å². The highest BCUT2D eigenvalue weighted by molar-refractivity contribution is 6.31. The minimum absolute atomic E-state index is 0.347. The van der Waals surface area contributed by atoms with Crippen molar-refractivity contribution in [3.8, 4) is 5.75 Å². The normalized spacial score (nSPS) is 22.8. The molecule has 0 aromatic heterocycles. The molecule has 2 rings (SSSR count). The van der Waals surface area contributed by atoms with E-state index in [4.69, 9.17) is 21.1 Å². The van der Waals surface area contributed by atoms with Crippen LogP contribution in [0.15, 0.2) is 12.1 Å². The topological polar surface area (TPSA) is 21.7 Å². The largest absolute Gasteiger partial charge is 0.493 e. The predicted molar refractivity (Wildman–Crippen MR) is 92.1 cm³/mol. The molecular weight excluding hydrogens is 298 g/mol. The lowest BCUT2D eigenvalue weighted by molar-refractivity contribution is -0.0682. The Bertz CT molecular complexity index is 482. The van der Waals surface area contributed by atoms with E-state index in [-0.39, 0.29) is 0 Å². The van der Waals surface area contributed by atoms with E-state index in [0.29, 0.717) is 12.2 Å². The van der Waals surface area contributed by atoms with Gasteiger partial charge in [-0.05, 0) is 70.3 Å². The molecule has 1 saturated heterocycles. The first-order chi connectivity index (χ1) is 10.5. The maximum atomic E-state index is 6.11. The molecule has 3 nitrogen and oxygen atoms in total. The van der Waals surface area contributed by atoms with E-state index < -0.39 is 0 Å². The van der Waals surface area contributed by atoms with Crippen LogP contribution in [0.4, 0.5) is 0 Å². The van der Waals surface area contributed by atoms with E-state index >= 15 is 0 Å². The van der Waals surface area contributed by atoms with E-state index in [1.165, 1.54) is 0 Å². The van der Waals surface area contributed by atoms with Crippen molar-refractivity contribution in [3.05, 3.63) is 28.3 Å². The maximum absolute atomic E-state index is 6.11. The highest BCUT2D eigenvalue weighted by Crippen LogP contribution is 2.27. The minimum atomic E-state index is 0.347. The van der Waals surface area contributed by atoms with Crippen LogP contribution in [0.1, 0.15) is 37.8 Å². The Morgan fingerprint density at radius 3 is 2.50 bits per heavy atom. The van der Waals surface area contributed by atoms with Gasteiger partial charge in [0.15, 0.2) is 0 Å². The van der Waals surface area contributed by atoms with E-state index in [2.05, 4.69) is 25.7 Å². The standard InChI is InChI=1S/C18H28ClNO2/c1-13-11-20(12-14(2)22-13)9-5-6-10-21-18-8-7-17(19)15(3)16(18)4/h7-8,13-14H,5-6,9-12H2,1-4H3. The Labute approximate surface area is 139 Å². The lowest BCUT2D eigenvalue weighted by Gasteiger charge is -2.35. The molecule has 0 bridgehead atoms. The van der Waals surface area contributed by atoms with Gasteiger partial charge in [-0.25, -0.2) is 0 Å². The SMILES string of the molecule is Cc1c(Cl)ccc(OCCCCN2CC(C)OC(C)C2)c1C. The van der Waals surface area contributed by atoms with Gasteiger partial charge in [0, 0.05) is 18.1 Å². The summed E-state index contributed by atoms with van der Waals surface area (Å²) < 4.78 is 11.7. The first-order valence-corrected chi connectivity index (χ1v) is 8.61. The van der Waals surface area contributed by atoms with Crippen LogP contribution in [0, 0.1) is 13.8 Å². The zero-order chi connectivity index (χ0) is 16.1. The van der Waals surface area contributed by atoms with Gasteiger partial charge in [0.2, 0.25) is 0 Å². The molecule has 4 heteroatoms. The quantitative estimate of drug-likeness (QED) is 0.731. The number of morpholine rings is 1.